The third kappa shape index (κ3) is 3.53. The highest BCUT2D eigenvalue weighted by Gasteiger charge is 2.40. The lowest BCUT2D eigenvalue weighted by Gasteiger charge is -2.16. The topological polar surface area (TPSA) is 37.4 Å². The number of nitrogens with zero attached hydrogens (tertiary/aromatic N) is 1. The summed E-state index contributed by atoms with van der Waals surface area (Å²) in [6.45, 7) is 1.89. The first-order valence-corrected chi connectivity index (χ1v) is 10.9. The highest BCUT2D eigenvalue weighted by atomic mass is 35.5. The minimum Gasteiger partial charge on any atom is -0.268 e. The van der Waals surface area contributed by atoms with Gasteiger partial charge in [0.25, 0.3) is 11.8 Å². The van der Waals surface area contributed by atoms with Crippen LogP contribution in [0.25, 0.3) is 5.57 Å². The number of benzene rings is 2. The molecule has 0 fully saturated rings. The Morgan fingerprint density at radius 1 is 1.00 bits per heavy atom. The molecule has 0 N–H and O–H groups in total. The van der Waals surface area contributed by atoms with Gasteiger partial charge in [0.05, 0.1) is 16.2 Å². The van der Waals surface area contributed by atoms with E-state index in [1.54, 1.807) is 12.1 Å². The van der Waals surface area contributed by atoms with Gasteiger partial charge < -0.3 is 0 Å². The predicted octanol–water partition coefficient (Wildman–Crippen LogP) is 5.93. The summed E-state index contributed by atoms with van der Waals surface area (Å²) in [5.41, 5.74) is 2.96. The van der Waals surface area contributed by atoms with Crippen molar-refractivity contribution in [3.05, 3.63) is 92.0 Å². The maximum atomic E-state index is 13.2. The Morgan fingerprint density at radius 2 is 1.79 bits per heavy atom. The van der Waals surface area contributed by atoms with Gasteiger partial charge in [-0.3, -0.25) is 9.59 Å². The summed E-state index contributed by atoms with van der Waals surface area (Å²) in [5.74, 6) is 0.0178. The van der Waals surface area contributed by atoms with Crippen LogP contribution in [0.3, 0.4) is 0 Å². The number of aryl methyl sites for hydroxylation is 1. The Kier molecular flexibility index (Phi) is 5.40. The number of thiophene rings is 1. The number of thioether (sulfide) groups is 1. The number of halogens is 1. The van der Waals surface area contributed by atoms with Crippen LogP contribution in [0, 0.1) is 6.92 Å². The number of amides is 2. The van der Waals surface area contributed by atoms with Gasteiger partial charge in [0.1, 0.15) is 0 Å². The largest absolute Gasteiger partial charge is 0.272 e. The molecule has 0 bridgehead atoms. The zero-order valence-electron chi connectivity index (χ0n) is 15.0. The second kappa shape index (κ2) is 7.95. The van der Waals surface area contributed by atoms with E-state index in [1.165, 1.54) is 28.0 Å². The van der Waals surface area contributed by atoms with Crippen LogP contribution in [0.2, 0.25) is 5.02 Å². The summed E-state index contributed by atoms with van der Waals surface area (Å²) in [5, 5.41) is 2.44. The number of hydrogen-bond acceptors (Lipinski definition) is 4. The van der Waals surface area contributed by atoms with E-state index in [-0.39, 0.29) is 11.8 Å². The van der Waals surface area contributed by atoms with E-state index >= 15 is 0 Å². The Balaban J connectivity index is 1.72. The van der Waals surface area contributed by atoms with Crippen LogP contribution in [0.1, 0.15) is 16.0 Å². The number of carbonyl (C=O) groups is 2. The van der Waals surface area contributed by atoms with Crippen LogP contribution in [-0.4, -0.2) is 11.8 Å². The van der Waals surface area contributed by atoms with E-state index in [4.69, 9.17) is 11.6 Å². The fraction of sp³-hybridized carbons (Fsp3) is 0.0909. The maximum absolute atomic E-state index is 13.2. The highest BCUT2D eigenvalue weighted by Crippen LogP contribution is 2.41. The van der Waals surface area contributed by atoms with Crippen molar-refractivity contribution in [1.82, 2.24) is 0 Å². The lowest BCUT2D eigenvalue weighted by Crippen LogP contribution is -2.31. The summed E-state index contributed by atoms with van der Waals surface area (Å²) in [7, 11) is 0. The Labute approximate surface area is 176 Å². The minimum atomic E-state index is -0.303. The van der Waals surface area contributed by atoms with E-state index in [9.17, 15) is 9.59 Å². The standard InChI is InChI=1S/C22H16ClNO2S2/c1-14-9-10-16(12-17(14)23)24-21(25)19(18-8-5-11-27-18)20(22(24)26)28-13-15-6-3-2-4-7-15/h2-12H,13H2,1H3. The lowest BCUT2D eigenvalue weighted by atomic mass is 10.2. The molecule has 0 saturated heterocycles. The van der Waals surface area contributed by atoms with Crippen LogP contribution in [0.4, 0.5) is 5.69 Å². The predicted molar refractivity (Wildman–Crippen MR) is 118 cm³/mol. The molecule has 0 spiro atoms. The summed E-state index contributed by atoms with van der Waals surface area (Å²) in [6, 6.07) is 18.9. The zero-order valence-corrected chi connectivity index (χ0v) is 17.4. The fourth-order valence-electron chi connectivity index (χ4n) is 2.97. The third-order valence-corrected chi connectivity index (χ3v) is 6.89. The smallest absolute Gasteiger partial charge is 0.268 e. The van der Waals surface area contributed by atoms with Crippen LogP contribution >= 0.6 is 34.7 Å². The molecular weight excluding hydrogens is 410 g/mol. The number of anilines is 1. The maximum Gasteiger partial charge on any atom is 0.272 e. The van der Waals surface area contributed by atoms with E-state index in [1.807, 2.05) is 60.8 Å². The molecule has 0 saturated carbocycles. The first-order valence-electron chi connectivity index (χ1n) is 8.66. The normalized spacial score (nSPS) is 14.3. The number of imide groups is 1. The molecule has 0 radical (unpaired) electrons. The van der Waals surface area contributed by atoms with Gasteiger partial charge in [0.2, 0.25) is 0 Å². The van der Waals surface area contributed by atoms with Gasteiger partial charge in [-0.05, 0) is 41.6 Å². The zero-order chi connectivity index (χ0) is 19.7. The van der Waals surface area contributed by atoms with Crippen molar-refractivity contribution in [2.24, 2.45) is 0 Å². The van der Waals surface area contributed by atoms with Crippen LogP contribution in [0.15, 0.2) is 70.9 Å². The molecule has 3 aromatic rings. The van der Waals surface area contributed by atoms with E-state index < -0.39 is 0 Å². The minimum absolute atomic E-state index is 0.297. The first-order chi connectivity index (χ1) is 13.6. The molecule has 0 atom stereocenters. The average molecular weight is 426 g/mol. The molecule has 140 valence electrons. The molecule has 2 heterocycles. The molecule has 1 aliphatic heterocycles. The molecule has 0 unspecified atom stereocenters. The summed E-state index contributed by atoms with van der Waals surface area (Å²) in [6.07, 6.45) is 0. The number of rotatable bonds is 5. The van der Waals surface area contributed by atoms with Crippen molar-refractivity contribution in [1.29, 1.82) is 0 Å². The van der Waals surface area contributed by atoms with Crippen molar-refractivity contribution in [3.8, 4) is 0 Å². The van der Waals surface area contributed by atoms with Gasteiger partial charge in [-0.15, -0.1) is 23.1 Å². The van der Waals surface area contributed by atoms with Gasteiger partial charge in [0.15, 0.2) is 0 Å². The second-order valence-corrected chi connectivity index (χ2v) is 8.68. The molecule has 2 amide bonds. The van der Waals surface area contributed by atoms with Crippen molar-refractivity contribution in [2.45, 2.75) is 12.7 Å². The van der Waals surface area contributed by atoms with Gasteiger partial charge in [-0.25, -0.2) is 4.90 Å². The van der Waals surface area contributed by atoms with E-state index in [2.05, 4.69) is 0 Å². The Morgan fingerprint density at radius 3 is 2.46 bits per heavy atom. The Hall–Kier alpha value is -2.34. The van der Waals surface area contributed by atoms with Crippen molar-refractivity contribution >= 4 is 57.8 Å². The second-order valence-electron chi connectivity index (χ2n) is 6.33. The van der Waals surface area contributed by atoms with Crippen LogP contribution in [0.5, 0.6) is 0 Å². The van der Waals surface area contributed by atoms with Gasteiger partial charge in [0, 0.05) is 15.7 Å². The van der Waals surface area contributed by atoms with Crippen molar-refractivity contribution in [2.75, 3.05) is 4.90 Å². The lowest BCUT2D eigenvalue weighted by molar-refractivity contribution is -0.119. The molecular formula is C22H16ClNO2S2. The molecule has 3 nitrogen and oxygen atoms in total. The van der Waals surface area contributed by atoms with Crippen molar-refractivity contribution < 1.29 is 9.59 Å². The monoisotopic (exact) mass is 425 g/mol. The third-order valence-electron chi connectivity index (χ3n) is 4.45. The van der Waals surface area contributed by atoms with Gasteiger partial charge in [-0.1, -0.05) is 54.1 Å². The summed E-state index contributed by atoms with van der Waals surface area (Å²) < 4.78 is 0. The van der Waals surface area contributed by atoms with Gasteiger partial charge in [-0.2, -0.15) is 0 Å². The molecule has 6 heteroatoms. The van der Waals surface area contributed by atoms with Crippen LogP contribution in [-0.2, 0) is 15.3 Å². The Bertz CT molecular complexity index is 1080. The fourth-order valence-corrected chi connectivity index (χ4v) is 5.03. The SMILES string of the molecule is Cc1ccc(N2C(=O)C(SCc3ccccc3)=C(c3cccs3)C2=O)cc1Cl. The van der Waals surface area contributed by atoms with Crippen molar-refractivity contribution in [3.63, 3.8) is 0 Å². The molecule has 1 aliphatic rings. The molecule has 0 aliphatic carbocycles. The average Bonchev–Trinajstić information content (AvgIpc) is 3.30. The summed E-state index contributed by atoms with van der Waals surface area (Å²) >= 11 is 9.09. The quantitative estimate of drug-likeness (QED) is 0.475. The first kappa shape index (κ1) is 19.0. The molecule has 28 heavy (non-hydrogen) atoms. The van der Waals surface area contributed by atoms with E-state index in [0.717, 1.165) is 16.0 Å². The van der Waals surface area contributed by atoms with Crippen LogP contribution < -0.4 is 4.90 Å². The highest BCUT2D eigenvalue weighted by molar-refractivity contribution is 8.03. The number of carbonyl (C=O) groups excluding carboxylic acids is 2. The summed E-state index contributed by atoms with van der Waals surface area (Å²) in [4.78, 5) is 29.0. The number of hydrogen-bond donors (Lipinski definition) is 0. The van der Waals surface area contributed by atoms with E-state index in [0.29, 0.717) is 26.9 Å². The molecule has 2 aromatic carbocycles. The van der Waals surface area contributed by atoms with Gasteiger partial charge >= 0.3 is 0 Å². The molecule has 1 aromatic heterocycles. The molecule has 4 rings (SSSR count).